The summed E-state index contributed by atoms with van der Waals surface area (Å²) < 4.78 is 10.5. The van der Waals surface area contributed by atoms with Gasteiger partial charge in [-0.05, 0) is 24.3 Å². The fraction of sp³-hybridized carbons (Fsp3) is 0.429. The first-order chi connectivity index (χ1) is 9.52. The number of nitrogens with zero attached hydrogens (tertiary/aromatic N) is 1. The van der Waals surface area contributed by atoms with Gasteiger partial charge in [0.25, 0.3) is 0 Å². The van der Waals surface area contributed by atoms with E-state index >= 15 is 0 Å². The molecule has 0 saturated heterocycles. The van der Waals surface area contributed by atoms with Crippen molar-refractivity contribution in [2.75, 3.05) is 26.8 Å². The number of methoxy groups -OCH3 is 1. The fourth-order valence-electron chi connectivity index (χ4n) is 1.60. The average Bonchev–Trinajstić information content (AvgIpc) is 2.42. The van der Waals surface area contributed by atoms with E-state index in [0.29, 0.717) is 18.9 Å². The Morgan fingerprint density at radius 1 is 1.15 bits per heavy atom. The summed E-state index contributed by atoms with van der Waals surface area (Å²) in [5.41, 5.74) is 0. The molecule has 0 aliphatic carbocycles. The Morgan fingerprint density at radius 3 is 2.25 bits per heavy atom. The Labute approximate surface area is 117 Å². The van der Waals surface area contributed by atoms with Gasteiger partial charge in [0, 0.05) is 13.5 Å². The summed E-state index contributed by atoms with van der Waals surface area (Å²) in [7, 11) is 1.59. The maximum absolute atomic E-state index is 11.3. The second-order valence-electron chi connectivity index (χ2n) is 4.17. The third-order valence-electron chi connectivity index (χ3n) is 2.73. The van der Waals surface area contributed by atoms with Crippen molar-refractivity contribution in [3.05, 3.63) is 24.3 Å². The number of hydrogen-bond donors (Lipinski definition) is 1. The molecule has 110 valence electrons. The van der Waals surface area contributed by atoms with Crippen molar-refractivity contribution in [2.24, 2.45) is 0 Å². The van der Waals surface area contributed by atoms with Crippen molar-refractivity contribution in [3.8, 4) is 11.5 Å². The van der Waals surface area contributed by atoms with Crippen LogP contribution in [0.15, 0.2) is 24.3 Å². The van der Waals surface area contributed by atoms with Crippen molar-refractivity contribution < 1.29 is 24.2 Å². The van der Waals surface area contributed by atoms with Gasteiger partial charge in [-0.3, -0.25) is 9.59 Å². The minimum absolute atomic E-state index is 0.0673. The second kappa shape index (κ2) is 8.04. The van der Waals surface area contributed by atoms with Crippen molar-refractivity contribution in [1.29, 1.82) is 0 Å². The predicted octanol–water partition coefficient (Wildman–Crippen LogP) is 1.40. The van der Waals surface area contributed by atoms with Gasteiger partial charge in [0.2, 0.25) is 5.91 Å². The zero-order valence-electron chi connectivity index (χ0n) is 11.7. The molecule has 20 heavy (non-hydrogen) atoms. The molecule has 0 heterocycles. The lowest BCUT2D eigenvalue weighted by molar-refractivity contribution is -0.138. The van der Waals surface area contributed by atoms with Gasteiger partial charge in [-0.1, -0.05) is 0 Å². The lowest BCUT2D eigenvalue weighted by Gasteiger charge is -2.20. The number of benzene rings is 1. The molecule has 1 N–H and O–H groups in total. The fourth-order valence-corrected chi connectivity index (χ4v) is 1.60. The van der Waals surface area contributed by atoms with E-state index in [2.05, 4.69) is 0 Å². The summed E-state index contributed by atoms with van der Waals surface area (Å²) in [5, 5.41) is 8.62. The van der Waals surface area contributed by atoms with E-state index in [0.717, 1.165) is 5.75 Å². The Hall–Kier alpha value is -2.24. The smallest absolute Gasteiger partial charge is 0.305 e. The van der Waals surface area contributed by atoms with E-state index < -0.39 is 5.97 Å². The molecule has 0 aliphatic heterocycles. The zero-order valence-corrected chi connectivity index (χ0v) is 11.7. The maximum atomic E-state index is 11.3. The molecule has 6 heteroatoms. The Bertz CT molecular complexity index is 443. The third kappa shape index (κ3) is 5.60. The van der Waals surface area contributed by atoms with Gasteiger partial charge in [-0.2, -0.15) is 0 Å². The summed E-state index contributed by atoms with van der Waals surface area (Å²) in [5.74, 6) is 0.327. The normalized spacial score (nSPS) is 9.90. The quantitative estimate of drug-likeness (QED) is 0.779. The van der Waals surface area contributed by atoms with E-state index in [9.17, 15) is 9.59 Å². The van der Waals surface area contributed by atoms with E-state index in [1.165, 1.54) is 11.8 Å². The van der Waals surface area contributed by atoms with E-state index in [4.69, 9.17) is 14.6 Å². The number of carboxylic acid groups (broad SMARTS) is 1. The van der Waals surface area contributed by atoms with Gasteiger partial charge in [-0.15, -0.1) is 0 Å². The molecule has 0 fully saturated rings. The van der Waals surface area contributed by atoms with Crippen LogP contribution in [0, 0.1) is 0 Å². The van der Waals surface area contributed by atoms with Crippen LogP contribution in [0.1, 0.15) is 13.3 Å². The first kappa shape index (κ1) is 15.8. The molecule has 0 unspecified atom stereocenters. The topological polar surface area (TPSA) is 76.1 Å². The number of amides is 1. The first-order valence-electron chi connectivity index (χ1n) is 6.27. The molecular formula is C14H19NO5. The van der Waals surface area contributed by atoms with Gasteiger partial charge in [0.05, 0.1) is 20.1 Å². The van der Waals surface area contributed by atoms with Gasteiger partial charge in [-0.25, -0.2) is 0 Å². The van der Waals surface area contributed by atoms with Gasteiger partial charge < -0.3 is 19.5 Å². The van der Waals surface area contributed by atoms with Gasteiger partial charge in [0.15, 0.2) is 0 Å². The molecular weight excluding hydrogens is 262 g/mol. The van der Waals surface area contributed by atoms with Gasteiger partial charge >= 0.3 is 5.97 Å². The number of rotatable bonds is 8. The van der Waals surface area contributed by atoms with E-state index in [-0.39, 0.29) is 18.9 Å². The van der Waals surface area contributed by atoms with Crippen LogP contribution in [-0.4, -0.2) is 48.7 Å². The standard InChI is InChI=1S/C14H19NO5/c1-11(16)15(8-7-14(17)18)9-10-20-13-5-3-12(19-2)4-6-13/h3-6H,7-10H2,1-2H3,(H,17,18). The van der Waals surface area contributed by atoms with Crippen LogP contribution in [0.4, 0.5) is 0 Å². The largest absolute Gasteiger partial charge is 0.497 e. The molecule has 1 amide bonds. The number of carboxylic acids is 1. The first-order valence-corrected chi connectivity index (χ1v) is 6.27. The highest BCUT2D eigenvalue weighted by molar-refractivity contribution is 5.74. The highest BCUT2D eigenvalue weighted by Crippen LogP contribution is 2.16. The number of hydrogen-bond acceptors (Lipinski definition) is 4. The monoisotopic (exact) mass is 281 g/mol. The molecule has 0 radical (unpaired) electrons. The molecule has 0 spiro atoms. The molecule has 0 bridgehead atoms. The summed E-state index contributed by atoms with van der Waals surface area (Å²) in [6, 6.07) is 7.10. The summed E-state index contributed by atoms with van der Waals surface area (Å²) in [4.78, 5) is 23.3. The Balaban J connectivity index is 2.39. The van der Waals surface area contributed by atoms with Crippen molar-refractivity contribution in [2.45, 2.75) is 13.3 Å². The van der Waals surface area contributed by atoms with Crippen molar-refractivity contribution >= 4 is 11.9 Å². The SMILES string of the molecule is COc1ccc(OCCN(CCC(=O)O)C(C)=O)cc1. The lowest BCUT2D eigenvalue weighted by Crippen LogP contribution is -2.34. The van der Waals surface area contributed by atoms with Crippen LogP contribution in [0.5, 0.6) is 11.5 Å². The summed E-state index contributed by atoms with van der Waals surface area (Å²) in [6.07, 6.45) is -0.0673. The second-order valence-corrected chi connectivity index (χ2v) is 4.17. The highest BCUT2D eigenvalue weighted by Gasteiger charge is 2.10. The molecule has 1 rings (SSSR count). The third-order valence-corrected chi connectivity index (χ3v) is 2.73. The molecule has 0 aliphatic rings. The van der Waals surface area contributed by atoms with E-state index in [1.54, 1.807) is 31.4 Å². The van der Waals surface area contributed by atoms with Crippen LogP contribution in [0.3, 0.4) is 0 Å². The average molecular weight is 281 g/mol. The highest BCUT2D eigenvalue weighted by atomic mass is 16.5. The predicted molar refractivity (Wildman–Crippen MR) is 73.0 cm³/mol. The molecule has 1 aromatic rings. The van der Waals surface area contributed by atoms with Gasteiger partial charge in [0.1, 0.15) is 18.1 Å². The maximum Gasteiger partial charge on any atom is 0.305 e. The van der Waals surface area contributed by atoms with Crippen LogP contribution in [0.25, 0.3) is 0 Å². The Morgan fingerprint density at radius 2 is 1.75 bits per heavy atom. The molecule has 0 atom stereocenters. The number of carbonyl (C=O) groups excluding carboxylic acids is 1. The minimum atomic E-state index is -0.924. The summed E-state index contributed by atoms with van der Waals surface area (Å²) in [6.45, 7) is 2.27. The molecule has 6 nitrogen and oxygen atoms in total. The molecule has 0 saturated carbocycles. The zero-order chi connectivity index (χ0) is 15.0. The summed E-state index contributed by atoms with van der Waals surface area (Å²) >= 11 is 0. The number of carbonyl (C=O) groups is 2. The van der Waals surface area contributed by atoms with Crippen molar-refractivity contribution in [3.63, 3.8) is 0 Å². The molecule has 0 aromatic heterocycles. The van der Waals surface area contributed by atoms with E-state index in [1.807, 2.05) is 0 Å². The van der Waals surface area contributed by atoms with Crippen molar-refractivity contribution in [1.82, 2.24) is 4.90 Å². The number of ether oxygens (including phenoxy) is 2. The lowest BCUT2D eigenvalue weighted by atomic mass is 10.3. The van der Waals surface area contributed by atoms with Crippen LogP contribution in [-0.2, 0) is 9.59 Å². The number of aliphatic carboxylic acids is 1. The Kier molecular flexibility index (Phi) is 6.36. The van der Waals surface area contributed by atoms with Crippen LogP contribution in [0.2, 0.25) is 0 Å². The van der Waals surface area contributed by atoms with Crippen LogP contribution < -0.4 is 9.47 Å². The van der Waals surface area contributed by atoms with Crippen LogP contribution >= 0.6 is 0 Å². The minimum Gasteiger partial charge on any atom is -0.497 e. The molecule has 1 aromatic carbocycles.